The highest BCUT2D eigenvalue weighted by molar-refractivity contribution is 9.10. The van der Waals surface area contributed by atoms with Crippen LogP contribution in [0.25, 0.3) is 0 Å². The Morgan fingerprint density at radius 3 is 2.52 bits per heavy atom. The minimum absolute atomic E-state index is 0. The zero-order valence-electron chi connectivity index (χ0n) is 10.9. The number of sulfonamides is 1. The molecule has 1 saturated carbocycles. The van der Waals surface area contributed by atoms with Crippen LogP contribution in [0.2, 0.25) is 0 Å². The Kier molecular flexibility index (Phi) is 6.11. The molecule has 1 aromatic rings. The quantitative estimate of drug-likeness (QED) is 0.558. The lowest BCUT2D eigenvalue weighted by atomic mass is 10.2. The number of nitro groups is 1. The predicted molar refractivity (Wildman–Crippen MR) is 83.9 cm³/mol. The molecule has 0 aromatic heterocycles. The third-order valence-corrected chi connectivity index (χ3v) is 5.30. The van der Waals surface area contributed by atoms with Crippen molar-refractivity contribution in [3.63, 3.8) is 0 Å². The fourth-order valence-electron chi connectivity index (χ4n) is 1.91. The van der Waals surface area contributed by atoms with Gasteiger partial charge < -0.3 is 5.73 Å². The van der Waals surface area contributed by atoms with Gasteiger partial charge in [-0.25, -0.2) is 13.1 Å². The maximum atomic E-state index is 12.2. The number of nitrogens with two attached hydrogens (primary N) is 1. The van der Waals surface area contributed by atoms with Crippen molar-refractivity contribution in [2.75, 3.05) is 6.54 Å². The Hall–Kier alpha value is -0.740. The van der Waals surface area contributed by atoms with Crippen LogP contribution in [-0.2, 0) is 10.0 Å². The van der Waals surface area contributed by atoms with Crippen molar-refractivity contribution in [2.24, 2.45) is 11.7 Å². The van der Waals surface area contributed by atoms with Gasteiger partial charge in [-0.1, -0.05) is 0 Å². The second-order valence-corrected chi connectivity index (χ2v) is 7.24. The van der Waals surface area contributed by atoms with Gasteiger partial charge in [0.25, 0.3) is 5.69 Å². The summed E-state index contributed by atoms with van der Waals surface area (Å²) in [4.78, 5) is 10.1. The highest BCUT2D eigenvalue weighted by Gasteiger charge is 2.33. The van der Waals surface area contributed by atoms with Gasteiger partial charge in [0.1, 0.15) is 0 Å². The number of hydrogen-bond donors (Lipinski definition) is 2. The van der Waals surface area contributed by atoms with Crippen LogP contribution in [0.15, 0.2) is 27.6 Å². The molecular weight excluding hydrogens is 386 g/mol. The van der Waals surface area contributed by atoms with Gasteiger partial charge in [0.2, 0.25) is 10.0 Å². The Bertz CT molecular complexity index is 636. The fourth-order valence-corrected chi connectivity index (χ4v) is 3.92. The Balaban J connectivity index is 0.00000220. The Labute approximate surface area is 137 Å². The van der Waals surface area contributed by atoms with Gasteiger partial charge in [0.05, 0.1) is 14.3 Å². The molecule has 1 aliphatic carbocycles. The summed E-state index contributed by atoms with van der Waals surface area (Å²) >= 11 is 3.01. The van der Waals surface area contributed by atoms with E-state index in [-0.39, 0.29) is 46.0 Å². The highest BCUT2D eigenvalue weighted by Crippen LogP contribution is 2.33. The molecule has 1 aliphatic rings. The molecule has 0 spiro atoms. The van der Waals surface area contributed by atoms with Crippen LogP contribution in [0.3, 0.4) is 0 Å². The summed E-state index contributed by atoms with van der Waals surface area (Å²) in [6.07, 6.45) is 1.93. The van der Waals surface area contributed by atoms with Crippen molar-refractivity contribution < 1.29 is 13.3 Å². The van der Waals surface area contributed by atoms with Crippen LogP contribution in [0.1, 0.15) is 12.8 Å². The van der Waals surface area contributed by atoms with Gasteiger partial charge in [-0.2, -0.15) is 0 Å². The van der Waals surface area contributed by atoms with Crippen LogP contribution in [-0.4, -0.2) is 25.9 Å². The summed E-state index contributed by atoms with van der Waals surface area (Å²) < 4.78 is 27.1. The van der Waals surface area contributed by atoms with E-state index in [9.17, 15) is 18.5 Å². The average molecular weight is 401 g/mol. The van der Waals surface area contributed by atoms with E-state index in [1.165, 1.54) is 12.1 Å². The maximum Gasteiger partial charge on any atom is 0.283 e. The van der Waals surface area contributed by atoms with E-state index in [1.54, 1.807) is 0 Å². The second-order valence-electron chi connectivity index (χ2n) is 4.67. The number of hydrogen-bond acceptors (Lipinski definition) is 5. The summed E-state index contributed by atoms with van der Waals surface area (Å²) in [6.45, 7) is 0.234. The van der Waals surface area contributed by atoms with Crippen molar-refractivity contribution in [1.29, 1.82) is 0 Å². The predicted octanol–water partition coefficient (Wildman–Crippen LogP) is 1.79. The average Bonchev–Trinajstić information content (AvgIpc) is 3.19. The first kappa shape index (κ1) is 18.3. The molecule has 0 bridgehead atoms. The minimum atomic E-state index is -3.72. The van der Waals surface area contributed by atoms with Gasteiger partial charge in [0.15, 0.2) is 0 Å². The molecular formula is C11H15BrClN3O4S. The summed E-state index contributed by atoms with van der Waals surface area (Å²) in [7, 11) is -3.72. The van der Waals surface area contributed by atoms with Crippen LogP contribution < -0.4 is 10.5 Å². The molecule has 1 fully saturated rings. The SMILES string of the molecule is Cl.NCC(NS(=O)(=O)c1ccc([N+](=O)[O-])c(Br)c1)C1CC1. The van der Waals surface area contributed by atoms with E-state index in [2.05, 4.69) is 20.7 Å². The molecule has 0 radical (unpaired) electrons. The number of rotatable bonds is 6. The lowest BCUT2D eigenvalue weighted by Crippen LogP contribution is -2.41. The van der Waals surface area contributed by atoms with Crippen LogP contribution in [0.5, 0.6) is 0 Å². The summed E-state index contributed by atoms with van der Waals surface area (Å²) in [5.41, 5.74) is 5.39. The lowest BCUT2D eigenvalue weighted by Gasteiger charge is -2.16. The molecule has 1 unspecified atom stereocenters. The molecule has 1 aromatic carbocycles. The zero-order chi connectivity index (χ0) is 14.9. The topological polar surface area (TPSA) is 115 Å². The number of halogens is 2. The second kappa shape index (κ2) is 7.01. The Morgan fingerprint density at radius 1 is 1.48 bits per heavy atom. The van der Waals surface area contributed by atoms with Gasteiger partial charge in [0, 0.05) is 18.7 Å². The first-order valence-corrected chi connectivity index (χ1v) is 8.29. The summed E-state index contributed by atoms with van der Waals surface area (Å²) in [6, 6.07) is 3.31. The standard InChI is InChI=1S/C11H14BrN3O4S.ClH/c12-9-5-8(3-4-11(9)15(16)17)20(18,19)14-10(6-13)7-1-2-7;/h3-5,7,10,14H,1-2,6,13H2;1H. The first-order chi connectivity index (χ1) is 9.35. The van der Waals surface area contributed by atoms with Crippen molar-refractivity contribution >= 4 is 44.0 Å². The maximum absolute atomic E-state index is 12.2. The van der Waals surface area contributed by atoms with Gasteiger partial charge in [-0.05, 0) is 46.8 Å². The first-order valence-electron chi connectivity index (χ1n) is 6.01. The van der Waals surface area contributed by atoms with Crippen molar-refractivity contribution in [2.45, 2.75) is 23.8 Å². The molecule has 10 heteroatoms. The number of nitro benzene ring substituents is 1. The number of nitrogens with one attached hydrogen (secondary N) is 1. The van der Waals surface area contributed by atoms with Crippen LogP contribution in [0, 0.1) is 16.0 Å². The van der Waals surface area contributed by atoms with Gasteiger partial charge >= 0.3 is 0 Å². The van der Waals surface area contributed by atoms with Crippen LogP contribution >= 0.6 is 28.3 Å². The van der Waals surface area contributed by atoms with Crippen molar-refractivity contribution in [3.8, 4) is 0 Å². The molecule has 7 nitrogen and oxygen atoms in total. The minimum Gasteiger partial charge on any atom is -0.329 e. The normalized spacial score (nSPS) is 16.1. The zero-order valence-corrected chi connectivity index (χ0v) is 14.1. The molecule has 1 atom stereocenters. The monoisotopic (exact) mass is 399 g/mol. The molecule has 0 saturated heterocycles. The molecule has 0 aliphatic heterocycles. The molecule has 118 valence electrons. The van der Waals surface area contributed by atoms with Crippen molar-refractivity contribution in [1.82, 2.24) is 4.72 Å². The molecule has 3 N–H and O–H groups in total. The molecule has 0 amide bonds. The molecule has 0 heterocycles. The van der Waals surface area contributed by atoms with E-state index in [0.717, 1.165) is 18.9 Å². The fraction of sp³-hybridized carbons (Fsp3) is 0.455. The van der Waals surface area contributed by atoms with E-state index >= 15 is 0 Å². The molecule has 2 rings (SSSR count). The van der Waals surface area contributed by atoms with E-state index in [4.69, 9.17) is 5.73 Å². The summed E-state index contributed by atoms with van der Waals surface area (Å²) in [5, 5.41) is 10.7. The third-order valence-electron chi connectivity index (χ3n) is 3.18. The van der Waals surface area contributed by atoms with Crippen LogP contribution in [0.4, 0.5) is 5.69 Å². The van der Waals surface area contributed by atoms with E-state index < -0.39 is 14.9 Å². The van der Waals surface area contributed by atoms with E-state index in [0.29, 0.717) is 0 Å². The number of benzene rings is 1. The summed E-state index contributed by atoms with van der Waals surface area (Å²) in [5.74, 6) is 0.288. The van der Waals surface area contributed by atoms with Gasteiger partial charge in [-0.15, -0.1) is 12.4 Å². The largest absolute Gasteiger partial charge is 0.329 e. The highest BCUT2D eigenvalue weighted by atomic mass is 79.9. The van der Waals surface area contributed by atoms with E-state index in [1.807, 2.05) is 0 Å². The smallest absolute Gasteiger partial charge is 0.283 e. The van der Waals surface area contributed by atoms with Gasteiger partial charge in [-0.3, -0.25) is 10.1 Å². The Morgan fingerprint density at radius 2 is 2.10 bits per heavy atom. The molecule has 21 heavy (non-hydrogen) atoms. The van der Waals surface area contributed by atoms with Crippen molar-refractivity contribution in [3.05, 3.63) is 32.8 Å². The number of nitrogens with zero attached hydrogens (tertiary/aromatic N) is 1. The lowest BCUT2D eigenvalue weighted by molar-refractivity contribution is -0.385. The third kappa shape index (κ3) is 4.36.